The number of furan rings is 2. The number of rotatable bonds is 2. The molecule has 0 saturated heterocycles. The monoisotopic (exact) mass is 780 g/mol. The summed E-state index contributed by atoms with van der Waals surface area (Å²) in [6.07, 6.45) is 0. The average Bonchev–Trinajstić information content (AvgIpc) is 3.97. The maximum atomic E-state index is 6.96. The van der Waals surface area contributed by atoms with E-state index in [0.29, 0.717) is 0 Å². The van der Waals surface area contributed by atoms with Crippen molar-refractivity contribution >= 4 is 111 Å². The molecule has 0 radical (unpaired) electrons. The normalized spacial score (nSPS) is 13.4. The zero-order valence-corrected chi connectivity index (χ0v) is 34.0. The smallest absolute Gasteiger partial charge is 0.333 e. The van der Waals surface area contributed by atoms with Gasteiger partial charge in [-0.1, -0.05) is 142 Å². The van der Waals surface area contributed by atoms with Crippen LogP contribution in [0, 0.1) is 0 Å². The molecule has 2 aliphatic rings. The molecule has 0 bridgehead atoms. The van der Waals surface area contributed by atoms with Gasteiger partial charge in [-0.05, 0) is 97.9 Å². The molecule has 0 unspecified atom stereocenters. The third-order valence-corrected chi connectivity index (χ3v) is 13.7. The summed E-state index contributed by atoms with van der Waals surface area (Å²) in [5, 5.41) is 9.54. The molecular formula is C56H37BN2O2. The highest BCUT2D eigenvalue weighted by molar-refractivity contribution is 6.90. The lowest BCUT2D eigenvalue weighted by atomic mass is 9.44. The van der Waals surface area contributed by atoms with Crippen LogP contribution in [0.2, 0.25) is 0 Å². The Hall–Kier alpha value is -7.50. The second kappa shape index (κ2) is 11.6. The molecule has 0 spiro atoms. The van der Waals surface area contributed by atoms with Gasteiger partial charge >= 0.3 is 6.85 Å². The Bertz CT molecular complexity index is 3880. The van der Waals surface area contributed by atoms with Crippen LogP contribution in [-0.2, 0) is 5.41 Å². The predicted molar refractivity (Wildman–Crippen MR) is 256 cm³/mol. The molecule has 3 aromatic heterocycles. The summed E-state index contributed by atoms with van der Waals surface area (Å²) in [4.78, 5) is 2.52. The minimum atomic E-state index is -0.136. The molecule has 4 nitrogen and oxygen atoms in total. The maximum absolute atomic E-state index is 6.96. The van der Waals surface area contributed by atoms with E-state index in [1.807, 2.05) is 0 Å². The van der Waals surface area contributed by atoms with Crippen molar-refractivity contribution in [3.8, 4) is 22.3 Å². The van der Waals surface area contributed by atoms with E-state index in [1.165, 1.54) is 65.8 Å². The van der Waals surface area contributed by atoms with Crippen molar-refractivity contribution in [3.63, 3.8) is 0 Å². The fraction of sp³-hybridized carbons (Fsp3) is 0.0714. The fourth-order valence-corrected chi connectivity index (χ4v) is 11.0. The summed E-state index contributed by atoms with van der Waals surface area (Å²) in [6, 6.07) is 62.3. The minimum absolute atomic E-state index is 0.0898. The van der Waals surface area contributed by atoms with Gasteiger partial charge in [0.15, 0.2) is 5.58 Å². The lowest BCUT2D eigenvalue weighted by Crippen LogP contribution is -2.56. The van der Waals surface area contributed by atoms with Crippen LogP contribution in [0.3, 0.4) is 0 Å². The third-order valence-electron chi connectivity index (χ3n) is 13.7. The van der Waals surface area contributed by atoms with Crippen molar-refractivity contribution in [1.82, 2.24) is 4.48 Å². The molecule has 0 N–H and O–H groups in total. The van der Waals surface area contributed by atoms with Gasteiger partial charge in [0.05, 0.1) is 16.8 Å². The van der Waals surface area contributed by atoms with Crippen molar-refractivity contribution in [2.75, 3.05) is 4.90 Å². The summed E-state index contributed by atoms with van der Waals surface area (Å²) in [5.41, 5.74) is 17.8. The lowest BCUT2D eigenvalue weighted by Gasteiger charge is -2.41. The van der Waals surface area contributed by atoms with Gasteiger partial charge in [0.1, 0.15) is 16.7 Å². The quantitative estimate of drug-likeness (QED) is 0.164. The molecule has 0 amide bonds. The Labute approximate surface area is 351 Å². The van der Waals surface area contributed by atoms with E-state index in [2.05, 4.69) is 200 Å². The van der Waals surface area contributed by atoms with Crippen molar-refractivity contribution in [2.24, 2.45) is 0 Å². The molecule has 0 fully saturated rings. The number of anilines is 3. The highest BCUT2D eigenvalue weighted by atomic mass is 16.3. The number of fused-ring (bicyclic) bond motifs is 16. The van der Waals surface area contributed by atoms with Crippen molar-refractivity contribution in [2.45, 2.75) is 26.2 Å². The molecule has 5 heteroatoms. The van der Waals surface area contributed by atoms with Crippen LogP contribution in [0.5, 0.6) is 0 Å². The topological polar surface area (TPSA) is 34.5 Å². The SMILES string of the molecule is CC(C)(C)c1cc2c3c(c1)c1c4ccccc4ccc1n3B1c3ccc(-c4ccccc4)cc3N(c3cccc4c3oc3ccccc34)c3c1c-2cc1oc2ccccc2c31. The summed E-state index contributed by atoms with van der Waals surface area (Å²) < 4.78 is 16.6. The van der Waals surface area contributed by atoms with Crippen LogP contribution < -0.4 is 15.8 Å². The highest BCUT2D eigenvalue weighted by Crippen LogP contribution is 2.53. The molecule has 0 aliphatic carbocycles. The molecule has 9 aromatic carbocycles. The summed E-state index contributed by atoms with van der Waals surface area (Å²) >= 11 is 0. The molecule has 61 heavy (non-hydrogen) atoms. The van der Waals surface area contributed by atoms with E-state index in [9.17, 15) is 0 Å². The molecule has 0 atom stereocenters. The van der Waals surface area contributed by atoms with E-state index in [0.717, 1.165) is 66.5 Å². The minimum Gasteiger partial charge on any atom is -0.456 e. The molecule has 5 heterocycles. The third kappa shape index (κ3) is 4.35. The predicted octanol–water partition coefficient (Wildman–Crippen LogP) is 14.1. The molecule has 0 saturated carbocycles. The first-order valence-electron chi connectivity index (χ1n) is 21.3. The standard InChI is InChI=1S/C56H37BN2O2/c1-56(2,3)35-29-41-40-31-49-51(39-19-10-12-23-48(39)60-49)54-52(40)57(59-44-27-25-33-16-7-8-17-36(33)50(44)42(30-35)53(41)59)43-26-24-34(32-14-5-4-6-15-32)28-46(43)58(54)45-21-13-20-38-37-18-9-11-22-47(37)61-55(38)45/h4-31H,1-3H3. The number of nitrogens with zero attached hydrogens (tertiary/aromatic N) is 2. The van der Waals surface area contributed by atoms with E-state index < -0.39 is 0 Å². The van der Waals surface area contributed by atoms with Gasteiger partial charge in [0.2, 0.25) is 0 Å². The van der Waals surface area contributed by atoms with Gasteiger partial charge in [0.25, 0.3) is 0 Å². The molecule has 14 rings (SSSR count). The number of hydrogen-bond acceptors (Lipinski definition) is 3. The number of benzene rings is 9. The van der Waals surface area contributed by atoms with Crippen molar-refractivity contribution in [1.29, 1.82) is 0 Å². The van der Waals surface area contributed by atoms with Crippen LogP contribution >= 0.6 is 0 Å². The van der Waals surface area contributed by atoms with E-state index in [-0.39, 0.29) is 12.3 Å². The first-order chi connectivity index (χ1) is 29.9. The first-order valence-corrected chi connectivity index (χ1v) is 21.3. The fourth-order valence-electron chi connectivity index (χ4n) is 11.0. The van der Waals surface area contributed by atoms with Gasteiger partial charge in [-0.3, -0.25) is 0 Å². The largest absolute Gasteiger partial charge is 0.456 e. The van der Waals surface area contributed by atoms with Gasteiger partial charge in [-0.25, -0.2) is 0 Å². The Kier molecular flexibility index (Phi) is 6.35. The summed E-state index contributed by atoms with van der Waals surface area (Å²) in [6.45, 7) is 6.86. The lowest BCUT2D eigenvalue weighted by molar-refractivity contribution is 0.591. The zero-order chi connectivity index (χ0) is 40.3. The molecule has 2 aliphatic heterocycles. The van der Waals surface area contributed by atoms with Crippen molar-refractivity contribution in [3.05, 3.63) is 175 Å². The first kappa shape index (κ1) is 33.3. The average molecular weight is 781 g/mol. The van der Waals surface area contributed by atoms with Gasteiger partial charge < -0.3 is 18.2 Å². The molecular weight excluding hydrogens is 743 g/mol. The van der Waals surface area contributed by atoms with Gasteiger partial charge in [-0.15, -0.1) is 0 Å². The Balaban J connectivity index is 1.22. The Morgan fingerprint density at radius 1 is 0.492 bits per heavy atom. The maximum Gasteiger partial charge on any atom is 0.333 e. The number of para-hydroxylation sites is 3. The molecule has 12 aromatic rings. The van der Waals surface area contributed by atoms with Gasteiger partial charge in [-0.2, -0.15) is 0 Å². The second-order valence-electron chi connectivity index (χ2n) is 18.0. The van der Waals surface area contributed by atoms with Crippen LogP contribution in [0.1, 0.15) is 26.3 Å². The van der Waals surface area contributed by atoms with Crippen LogP contribution in [0.4, 0.5) is 17.1 Å². The highest BCUT2D eigenvalue weighted by Gasteiger charge is 2.45. The van der Waals surface area contributed by atoms with Crippen LogP contribution in [0.15, 0.2) is 179 Å². The van der Waals surface area contributed by atoms with E-state index >= 15 is 0 Å². The summed E-state index contributed by atoms with van der Waals surface area (Å²) in [5.74, 6) is 0. The van der Waals surface area contributed by atoms with Crippen LogP contribution in [-0.4, -0.2) is 11.3 Å². The van der Waals surface area contributed by atoms with E-state index in [1.54, 1.807) is 0 Å². The van der Waals surface area contributed by atoms with Crippen molar-refractivity contribution < 1.29 is 8.83 Å². The van der Waals surface area contributed by atoms with Gasteiger partial charge in [0, 0.05) is 49.2 Å². The van der Waals surface area contributed by atoms with E-state index in [4.69, 9.17) is 8.83 Å². The number of aromatic nitrogens is 1. The number of hydrogen-bond donors (Lipinski definition) is 0. The molecule has 286 valence electrons. The second-order valence-corrected chi connectivity index (χ2v) is 18.0. The van der Waals surface area contributed by atoms with Crippen LogP contribution in [0.25, 0.3) is 98.7 Å². The zero-order valence-electron chi connectivity index (χ0n) is 34.0. The Morgan fingerprint density at radius 3 is 2.07 bits per heavy atom. The summed E-state index contributed by atoms with van der Waals surface area (Å²) in [7, 11) is 0. The Morgan fingerprint density at radius 2 is 1.23 bits per heavy atom.